The number of imidazole rings is 1. The molecule has 0 fully saturated rings. The van der Waals surface area contributed by atoms with Crippen molar-refractivity contribution in [3.05, 3.63) is 78.2 Å². The molecule has 3 aromatic rings. The molecule has 0 unspecified atom stereocenters. The Labute approximate surface area is 177 Å². The fraction of sp³-hybridized carbons (Fsp3) is 0.273. The molecular weight excluding hydrogens is 402 g/mol. The highest BCUT2D eigenvalue weighted by Gasteiger charge is 2.28. The maximum absolute atomic E-state index is 13.4. The largest absolute Gasteiger partial charge is 0.456 e. The number of esters is 1. The third-order valence-corrected chi connectivity index (χ3v) is 5.83. The molecule has 0 radical (unpaired) electrons. The van der Waals surface area contributed by atoms with Gasteiger partial charge >= 0.3 is 5.97 Å². The fourth-order valence-corrected chi connectivity index (χ4v) is 4.24. The van der Waals surface area contributed by atoms with Crippen LogP contribution in [0.4, 0.5) is 5.69 Å². The second-order valence-electron chi connectivity index (χ2n) is 7.93. The molecule has 0 N–H and O–H groups in total. The second kappa shape index (κ2) is 8.31. The van der Waals surface area contributed by atoms with Crippen molar-refractivity contribution >= 4 is 21.7 Å². The molecule has 0 spiro atoms. The summed E-state index contributed by atoms with van der Waals surface area (Å²) in [7, 11) is -2.25. The number of rotatable bonds is 6. The van der Waals surface area contributed by atoms with Gasteiger partial charge in [0.15, 0.2) is 5.03 Å². The van der Waals surface area contributed by atoms with E-state index in [2.05, 4.69) is 4.98 Å². The number of ether oxygens (including phenoxy) is 1. The molecule has 7 nitrogen and oxygen atoms in total. The summed E-state index contributed by atoms with van der Waals surface area (Å²) in [5, 5.41) is -0.0661. The van der Waals surface area contributed by atoms with Gasteiger partial charge in [-0.2, -0.15) is 8.42 Å². The van der Waals surface area contributed by atoms with Gasteiger partial charge in [0, 0.05) is 13.2 Å². The monoisotopic (exact) mass is 427 g/mol. The summed E-state index contributed by atoms with van der Waals surface area (Å²) in [6, 6.07) is 15.7. The lowest BCUT2D eigenvalue weighted by molar-refractivity contribution is 0.00695. The lowest BCUT2D eigenvalue weighted by atomic mass is 10.1. The highest BCUT2D eigenvalue weighted by atomic mass is 32.2. The van der Waals surface area contributed by atoms with Gasteiger partial charge < -0.3 is 9.30 Å². The third-order valence-electron chi connectivity index (χ3n) is 4.17. The quantitative estimate of drug-likeness (QED) is 0.560. The van der Waals surface area contributed by atoms with E-state index in [1.807, 2.05) is 30.3 Å². The molecule has 1 aromatic heterocycles. The Morgan fingerprint density at radius 2 is 1.80 bits per heavy atom. The first-order valence-corrected chi connectivity index (χ1v) is 10.9. The van der Waals surface area contributed by atoms with Crippen LogP contribution in [0.15, 0.2) is 72.1 Å². The Morgan fingerprint density at radius 3 is 2.40 bits per heavy atom. The molecule has 0 atom stereocenters. The minimum atomic E-state index is -3.96. The number of aryl methyl sites for hydroxylation is 1. The van der Waals surface area contributed by atoms with Gasteiger partial charge in [0.1, 0.15) is 5.60 Å². The summed E-state index contributed by atoms with van der Waals surface area (Å²) in [5.41, 5.74) is 0.779. The van der Waals surface area contributed by atoms with Gasteiger partial charge in [-0.1, -0.05) is 36.4 Å². The van der Waals surface area contributed by atoms with Gasteiger partial charge in [0.2, 0.25) is 0 Å². The highest BCUT2D eigenvalue weighted by Crippen LogP contribution is 2.27. The van der Waals surface area contributed by atoms with Crippen LogP contribution in [-0.4, -0.2) is 29.5 Å². The zero-order chi connectivity index (χ0) is 21.9. The van der Waals surface area contributed by atoms with Gasteiger partial charge in [-0.25, -0.2) is 9.78 Å². The molecule has 0 bridgehead atoms. The number of nitrogens with zero attached hydrogens (tertiary/aromatic N) is 3. The first-order valence-electron chi connectivity index (χ1n) is 9.44. The van der Waals surface area contributed by atoms with Crippen LogP contribution in [0.1, 0.15) is 36.7 Å². The van der Waals surface area contributed by atoms with Crippen molar-refractivity contribution < 1.29 is 17.9 Å². The van der Waals surface area contributed by atoms with Crippen LogP contribution in [0.2, 0.25) is 0 Å². The molecule has 0 aliphatic rings. The number of anilines is 1. The molecule has 0 aliphatic heterocycles. The topological polar surface area (TPSA) is 81.5 Å². The van der Waals surface area contributed by atoms with Crippen LogP contribution in [0, 0.1) is 0 Å². The second-order valence-corrected chi connectivity index (χ2v) is 9.74. The first kappa shape index (κ1) is 21.6. The zero-order valence-corrected chi connectivity index (χ0v) is 18.3. The maximum Gasteiger partial charge on any atom is 0.338 e. The van der Waals surface area contributed by atoms with Gasteiger partial charge in [-0.15, -0.1) is 0 Å². The van der Waals surface area contributed by atoms with E-state index in [0.29, 0.717) is 5.69 Å². The Morgan fingerprint density at radius 1 is 1.10 bits per heavy atom. The standard InChI is InChI=1S/C22H25N3O4S/c1-22(2,3)29-21(26)18-11-8-12-19(13-18)25(14-17-9-6-5-7-10-17)30(27,28)20-15-24(4)16-23-20/h5-13,15-16H,14H2,1-4H3. The summed E-state index contributed by atoms with van der Waals surface area (Å²) < 4.78 is 35.0. The molecular formula is C22H25N3O4S. The molecule has 0 saturated carbocycles. The van der Waals surface area contributed by atoms with E-state index < -0.39 is 21.6 Å². The predicted octanol–water partition coefficient (Wildman–Crippen LogP) is 3.77. The van der Waals surface area contributed by atoms with Gasteiger partial charge in [0.05, 0.1) is 24.1 Å². The number of aromatic nitrogens is 2. The number of carbonyl (C=O) groups is 1. The normalized spacial score (nSPS) is 11.9. The maximum atomic E-state index is 13.4. The van der Waals surface area contributed by atoms with Crippen molar-refractivity contribution in [2.45, 2.75) is 37.9 Å². The van der Waals surface area contributed by atoms with E-state index >= 15 is 0 Å². The van der Waals surface area contributed by atoms with Crippen molar-refractivity contribution in [1.82, 2.24) is 9.55 Å². The van der Waals surface area contributed by atoms with Crippen LogP contribution in [0.5, 0.6) is 0 Å². The number of sulfonamides is 1. The third kappa shape index (κ3) is 5.07. The first-order chi connectivity index (χ1) is 14.1. The van der Waals surface area contributed by atoms with Crippen molar-refractivity contribution in [2.75, 3.05) is 4.31 Å². The molecule has 0 saturated heterocycles. The van der Waals surface area contributed by atoms with E-state index in [1.54, 1.807) is 50.6 Å². The lowest BCUT2D eigenvalue weighted by Gasteiger charge is -2.24. The lowest BCUT2D eigenvalue weighted by Crippen LogP contribution is -2.31. The zero-order valence-electron chi connectivity index (χ0n) is 17.4. The van der Waals surface area contributed by atoms with Crippen LogP contribution in [0.25, 0.3) is 0 Å². The van der Waals surface area contributed by atoms with Crippen molar-refractivity contribution in [2.24, 2.45) is 7.05 Å². The smallest absolute Gasteiger partial charge is 0.338 e. The van der Waals surface area contributed by atoms with E-state index in [4.69, 9.17) is 4.74 Å². The van der Waals surface area contributed by atoms with Crippen molar-refractivity contribution in [3.8, 4) is 0 Å². The molecule has 2 aromatic carbocycles. The summed E-state index contributed by atoms with van der Waals surface area (Å²) in [6.07, 6.45) is 2.88. The average molecular weight is 428 g/mol. The van der Waals surface area contributed by atoms with Crippen LogP contribution in [-0.2, 0) is 28.4 Å². The summed E-state index contributed by atoms with van der Waals surface area (Å²) in [4.78, 5) is 16.5. The number of benzene rings is 2. The van der Waals surface area contributed by atoms with E-state index in [9.17, 15) is 13.2 Å². The van der Waals surface area contributed by atoms with E-state index in [0.717, 1.165) is 5.56 Å². The van der Waals surface area contributed by atoms with E-state index in [-0.39, 0.29) is 17.1 Å². The van der Waals surface area contributed by atoms with Gasteiger partial charge in [-0.3, -0.25) is 4.31 Å². The van der Waals surface area contributed by atoms with E-state index in [1.165, 1.54) is 22.9 Å². The van der Waals surface area contributed by atoms with Gasteiger partial charge in [0.25, 0.3) is 10.0 Å². The molecule has 8 heteroatoms. The summed E-state index contributed by atoms with van der Waals surface area (Å²) >= 11 is 0. The Hall–Kier alpha value is -3.13. The predicted molar refractivity (Wildman–Crippen MR) is 115 cm³/mol. The Kier molecular flexibility index (Phi) is 5.98. The Balaban J connectivity index is 2.04. The number of hydrogen-bond acceptors (Lipinski definition) is 5. The molecule has 3 rings (SSSR count). The highest BCUT2D eigenvalue weighted by molar-refractivity contribution is 7.92. The summed E-state index contributed by atoms with van der Waals surface area (Å²) in [5.74, 6) is -0.515. The Bertz CT molecular complexity index is 1130. The van der Waals surface area contributed by atoms with Crippen molar-refractivity contribution in [3.63, 3.8) is 0 Å². The fourth-order valence-electron chi connectivity index (χ4n) is 2.82. The average Bonchev–Trinajstić information content (AvgIpc) is 3.13. The van der Waals surface area contributed by atoms with Gasteiger partial charge in [-0.05, 0) is 44.5 Å². The van der Waals surface area contributed by atoms with Crippen LogP contribution in [0.3, 0.4) is 0 Å². The summed E-state index contributed by atoms with van der Waals surface area (Å²) in [6.45, 7) is 5.43. The molecule has 30 heavy (non-hydrogen) atoms. The molecule has 1 heterocycles. The minimum absolute atomic E-state index is 0.0661. The van der Waals surface area contributed by atoms with Crippen molar-refractivity contribution in [1.29, 1.82) is 0 Å². The van der Waals surface area contributed by atoms with Crippen LogP contribution < -0.4 is 4.31 Å². The van der Waals surface area contributed by atoms with Crippen LogP contribution >= 0.6 is 0 Å². The molecule has 158 valence electrons. The number of carbonyl (C=O) groups excluding carboxylic acids is 1. The number of hydrogen-bond donors (Lipinski definition) is 0. The molecule has 0 amide bonds. The molecule has 0 aliphatic carbocycles. The SMILES string of the molecule is Cn1cnc(S(=O)(=O)N(Cc2ccccc2)c2cccc(C(=O)OC(C)(C)C)c2)c1. The minimum Gasteiger partial charge on any atom is -0.456 e.